The second kappa shape index (κ2) is 18.2. The molecule has 0 spiro atoms. The van der Waals surface area contributed by atoms with Gasteiger partial charge in [0.25, 0.3) is 0 Å². The van der Waals surface area contributed by atoms with Gasteiger partial charge in [0.2, 0.25) is 0 Å². The van der Waals surface area contributed by atoms with Crippen molar-refractivity contribution in [1.82, 2.24) is 0 Å². The van der Waals surface area contributed by atoms with Crippen molar-refractivity contribution in [2.45, 2.75) is 113 Å². The summed E-state index contributed by atoms with van der Waals surface area (Å²) in [5.74, 6) is 0. The minimum Gasteiger partial charge on any atom is -0.0856 e. The van der Waals surface area contributed by atoms with E-state index >= 15 is 0 Å². The van der Waals surface area contributed by atoms with Crippen molar-refractivity contribution in [2.24, 2.45) is 0 Å². The Labute approximate surface area is 189 Å². The standard InChI is InChI=1S/C30H49/c1-9-26(4)16-11-18-28(6)20-13-22-30(8)24-14-23-29(7)21-12-19-27(5)17-10-15-25(2)3/h9,15,18-19,22-23H,1,10-14,16-17,20-21,24H2,2-8H3/b26-9+,27-19+,28-18+,29-23+,30-22+. The molecule has 0 aromatic rings. The maximum atomic E-state index is 3.82. The van der Waals surface area contributed by atoms with Crippen LogP contribution >= 0.6 is 0 Å². The second-order valence-corrected chi connectivity index (χ2v) is 9.23. The first-order valence-electron chi connectivity index (χ1n) is 11.9. The van der Waals surface area contributed by atoms with Gasteiger partial charge < -0.3 is 0 Å². The Bertz CT molecular complexity index is 640. The number of hydrogen-bond acceptors (Lipinski definition) is 0. The Kier molecular flexibility index (Phi) is 17.3. The molecule has 0 amide bonds. The molecule has 0 N–H and O–H groups in total. The Morgan fingerprint density at radius 1 is 0.433 bits per heavy atom. The molecule has 0 saturated carbocycles. The fourth-order valence-corrected chi connectivity index (χ4v) is 3.28. The van der Waals surface area contributed by atoms with E-state index in [4.69, 9.17) is 0 Å². The van der Waals surface area contributed by atoms with Crippen LogP contribution in [0.4, 0.5) is 0 Å². The molecular formula is C30H49. The summed E-state index contributed by atoms with van der Waals surface area (Å²) in [4.78, 5) is 0. The summed E-state index contributed by atoms with van der Waals surface area (Å²) >= 11 is 0. The molecule has 1 radical (unpaired) electrons. The zero-order valence-electron chi connectivity index (χ0n) is 21.2. The molecule has 0 bridgehead atoms. The van der Waals surface area contributed by atoms with E-state index in [-0.39, 0.29) is 0 Å². The van der Waals surface area contributed by atoms with Crippen LogP contribution in [0.15, 0.2) is 69.9 Å². The minimum atomic E-state index is 1.13. The van der Waals surface area contributed by atoms with Crippen LogP contribution in [0.3, 0.4) is 0 Å². The zero-order valence-corrected chi connectivity index (χ0v) is 21.2. The third-order valence-corrected chi connectivity index (χ3v) is 5.57. The highest BCUT2D eigenvalue weighted by Gasteiger charge is 1.95. The molecule has 0 nitrogen and oxygen atoms in total. The number of hydrogen-bond donors (Lipinski definition) is 0. The van der Waals surface area contributed by atoms with E-state index in [9.17, 15) is 0 Å². The van der Waals surface area contributed by atoms with Gasteiger partial charge in [-0.25, -0.2) is 0 Å². The average molecular weight is 410 g/mol. The summed E-state index contributed by atoms with van der Waals surface area (Å²) in [6.45, 7) is 19.4. The Morgan fingerprint density at radius 3 is 0.967 bits per heavy atom. The van der Waals surface area contributed by atoms with Crippen LogP contribution in [0.2, 0.25) is 0 Å². The number of rotatable bonds is 15. The van der Waals surface area contributed by atoms with Gasteiger partial charge in [0.1, 0.15) is 0 Å². The largest absolute Gasteiger partial charge is 0.0856 e. The zero-order chi connectivity index (χ0) is 22.8. The summed E-state index contributed by atoms with van der Waals surface area (Å²) in [6, 6.07) is 0. The van der Waals surface area contributed by atoms with Crippen molar-refractivity contribution < 1.29 is 0 Å². The highest BCUT2D eigenvalue weighted by molar-refractivity contribution is 5.09. The Morgan fingerprint density at radius 2 is 0.700 bits per heavy atom. The Balaban J connectivity index is 4.08. The molecule has 0 atom stereocenters. The lowest BCUT2D eigenvalue weighted by molar-refractivity contribution is 0.886. The number of allylic oxidation sites excluding steroid dienone is 12. The molecule has 0 heteroatoms. The van der Waals surface area contributed by atoms with Crippen LogP contribution in [0, 0.1) is 6.92 Å². The molecule has 30 heavy (non-hydrogen) atoms. The maximum Gasteiger partial charge on any atom is -0.0288 e. The van der Waals surface area contributed by atoms with Gasteiger partial charge in [-0.05, 0) is 120 Å². The van der Waals surface area contributed by atoms with Crippen molar-refractivity contribution in [1.29, 1.82) is 0 Å². The van der Waals surface area contributed by atoms with E-state index in [0.717, 1.165) is 19.3 Å². The van der Waals surface area contributed by atoms with Crippen LogP contribution in [-0.2, 0) is 0 Å². The van der Waals surface area contributed by atoms with Gasteiger partial charge in [0.05, 0.1) is 0 Å². The van der Waals surface area contributed by atoms with Gasteiger partial charge in [-0.2, -0.15) is 0 Å². The molecule has 169 valence electrons. The van der Waals surface area contributed by atoms with Crippen LogP contribution in [0.1, 0.15) is 113 Å². The Hall–Kier alpha value is -1.56. The SMILES string of the molecule is [CH2]/C=C(\C)CC/C=C(\C)CC/C=C(\C)CC/C=C(\C)CC/C=C(\C)CCC=C(C)C. The molecule has 0 aliphatic carbocycles. The smallest absolute Gasteiger partial charge is 0.0288 e. The van der Waals surface area contributed by atoms with Gasteiger partial charge in [-0.1, -0.05) is 69.9 Å². The second-order valence-electron chi connectivity index (χ2n) is 9.23. The lowest BCUT2D eigenvalue weighted by Gasteiger charge is -2.03. The van der Waals surface area contributed by atoms with Crippen molar-refractivity contribution in [2.75, 3.05) is 0 Å². The first-order valence-corrected chi connectivity index (χ1v) is 11.9. The quantitative estimate of drug-likeness (QED) is 0.236. The van der Waals surface area contributed by atoms with Crippen LogP contribution in [0.5, 0.6) is 0 Å². The highest BCUT2D eigenvalue weighted by atomic mass is 14.0. The molecule has 0 aromatic heterocycles. The third-order valence-electron chi connectivity index (χ3n) is 5.57. The average Bonchev–Trinajstić information content (AvgIpc) is 2.67. The fourth-order valence-electron chi connectivity index (χ4n) is 3.28. The van der Waals surface area contributed by atoms with Crippen molar-refractivity contribution in [3.05, 3.63) is 76.8 Å². The molecule has 0 fully saturated rings. The lowest BCUT2D eigenvalue weighted by Crippen LogP contribution is -1.83. The molecule has 0 aromatic carbocycles. The molecular weight excluding hydrogens is 360 g/mol. The monoisotopic (exact) mass is 409 g/mol. The predicted octanol–water partition coefficient (Wildman–Crippen LogP) is 10.4. The topological polar surface area (TPSA) is 0 Å². The predicted molar refractivity (Wildman–Crippen MR) is 140 cm³/mol. The van der Waals surface area contributed by atoms with Gasteiger partial charge in [0, 0.05) is 0 Å². The lowest BCUT2D eigenvalue weighted by atomic mass is 10.0. The first-order chi connectivity index (χ1) is 14.2. The van der Waals surface area contributed by atoms with Crippen LogP contribution in [-0.4, -0.2) is 0 Å². The minimum absolute atomic E-state index is 1.13. The van der Waals surface area contributed by atoms with E-state index < -0.39 is 0 Å². The fraction of sp³-hybridized carbons (Fsp3) is 0.567. The van der Waals surface area contributed by atoms with Crippen LogP contribution < -0.4 is 0 Å². The molecule has 0 heterocycles. The van der Waals surface area contributed by atoms with Gasteiger partial charge >= 0.3 is 0 Å². The summed E-state index contributed by atoms with van der Waals surface area (Å²) in [6.07, 6.45) is 25.7. The van der Waals surface area contributed by atoms with E-state index in [1.807, 2.05) is 6.08 Å². The normalized spacial score (nSPS) is 14.3. The van der Waals surface area contributed by atoms with Gasteiger partial charge in [-0.15, -0.1) is 0 Å². The van der Waals surface area contributed by atoms with Crippen molar-refractivity contribution >= 4 is 0 Å². The maximum absolute atomic E-state index is 3.82. The molecule has 0 saturated heterocycles. The molecule has 0 rings (SSSR count). The van der Waals surface area contributed by atoms with Crippen molar-refractivity contribution in [3.63, 3.8) is 0 Å². The van der Waals surface area contributed by atoms with Crippen molar-refractivity contribution in [3.8, 4) is 0 Å². The van der Waals surface area contributed by atoms with E-state index in [1.54, 1.807) is 0 Å². The molecule has 0 aliphatic rings. The van der Waals surface area contributed by atoms with E-state index in [2.05, 4.69) is 85.8 Å². The van der Waals surface area contributed by atoms with Gasteiger partial charge in [0.15, 0.2) is 0 Å². The molecule has 0 aliphatic heterocycles. The summed E-state index contributed by atoms with van der Waals surface area (Å²) in [5, 5.41) is 0. The summed E-state index contributed by atoms with van der Waals surface area (Å²) < 4.78 is 0. The summed E-state index contributed by atoms with van der Waals surface area (Å²) in [5.41, 5.74) is 8.89. The third kappa shape index (κ3) is 18.5. The van der Waals surface area contributed by atoms with E-state index in [0.29, 0.717) is 0 Å². The van der Waals surface area contributed by atoms with Crippen LogP contribution in [0.25, 0.3) is 0 Å². The summed E-state index contributed by atoms with van der Waals surface area (Å²) in [7, 11) is 0. The van der Waals surface area contributed by atoms with E-state index in [1.165, 1.54) is 78.4 Å². The molecule has 0 unspecified atom stereocenters. The highest BCUT2D eigenvalue weighted by Crippen LogP contribution is 2.15. The first kappa shape index (κ1) is 28.4. The van der Waals surface area contributed by atoms with Gasteiger partial charge in [-0.3, -0.25) is 0 Å².